The highest BCUT2D eigenvalue weighted by molar-refractivity contribution is 5.76. The fraction of sp³-hybridized carbons (Fsp3) is 0.308. The summed E-state index contributed by atoms with van der Waals surface area (Å²) in [7, 11) is 0. The Morgan fingerprint density at radius 2 is 1.94 bits per heavy atom. The fourth-order valence-corrected chi connectivity index (χ4v) is 2.06. The van der Waals surface area contributed by atoms with Crippen LogP contribution < -0.4 is 0 Å². The number of carboxylic acids is 1. The van der Waals surface area contributed by atoms with E-state index in [0.29, 0.717) is 22.8 Å². The first-order valence-corrected chi connectivity index (χ1v) is 5.72. The summed E-state index contributed by atoms with van der Waals surface area (Å²) in [4.78, 5) is 22.8. The molecule has 1 unspecified atom stereocenters. The minimum absolute atomic E-state index is 0.594. The third kappa shape index (κ3) is 2.11. The average Bonchev–Trinajstić information content (AvgIpc) is 2.80. The second kappa shape index (κ2) is 4.60. The van der Waals surface area contributed by atoms with Gasteiger partial charge >= 0.3 is 5.97 Å². The third-order valence-corrected chi connectivity index (χ3v) is 2.97. The van der Waals surface area contributed by atoms with E-state index in [9.17, 15) is 4.79 Å². The van der Waals surface area contributed by atoms with Gasteiger partial charge in [0.2, 0.25) is 0 Å². The molecule has 0 aliphatic carbocycles. The molecule has 2 aromatic heterocycles. The lowest BCUT2D eigenvalue weighted by molar-refractivity contribution is -0.138. The van der Waals surface area contributed by atoms with Crippen LogP contribution in [0.5, 0.6) is 0 Å². The second-order valence-corrected chi connectivity index (χ2v) is 4.28. The van der Waals surface area contributed by atoms with Crippen molar-refractivity contribution >= 4 is 5.97 Å². The summed E-state index contributed by atoms with van der Waals surface area (Å²) in [5.74, 6) is -0.864. The van der Waals surface area contributed by atoms with Crippen LogP contribution in [-0.2, 0) is 4.79 Å². The molecule has 2 aromatic rings. The van der Waals surface area contributed by atoms with Gasteiger partial charge in [0.25, 0.3) is 0 Å². The van der Waals surface area contributed by atoms with E-state index in [0.717, 1.165) is 5.69 Å². The van der Waals surface area contributed by atoms with Crippen molar-refractivity contribution in [2.75, 3.05) is 0 Å². The van der Waals surface area contributed by atoms with E-state index < -0.39 is 11.9 Å². The van der Waals surface area contributed by atoms with Crippen LogP contribution in [0.2, 0.25) is 0 Å². The van der Waals surface area contributed by atoms with Crippen molar-refractivity contribution in [1.82, 2.24) is 15.0 Å². The largest absolute Gasteiger partial charge is 0.481 e. The molecular weight excluding hydrogens is 230 g/mol. The molecule has 2 N–H and O–H groups in total. The molecule has 0 spiro atoms. The number of H-pyrrole nitrogens is 1. The van der Waals surface area contributed by atoms with Gasteiger partial charge in [-0.2, -0.15) is 0 Å². The maximum Gasteiger partial charge on any atom is 0.310 e. The number of aryl methyl sites for hydroxylation is 2. The van der Waals surface area contributed by atoms with Gasteiger partial charge < -0.3 is 10.1 Å². The van der Waals surface area contributed by atoms with Crippen LogP contribution >= 0.6 is 0 Å². The van der Waals surface area contributed by atoms with Gasteiger partial charge in [-0.15, -0.1) is 0 Å². The molecule has 0 saturated heterocycles. The van der Waals surface area contributed by atoms with Gasteiger partial charge in [0.05, 0.1) is 11.6 Å². The molecule has 5 nitrogen and oxygen atoms in total. The molecule has 0 aliphatic rings. The number of nitrogens with zero attached hydrogens (tertiary/aromatic N) is 2. The van der Waals surface area contributed by atoms with Gasteiger partial charge in [-0.25, -0.2) is 9.97 Å². The van der Waals surface area contributed by atoms with Crippen molar-refractivity contribution in [1.29, 1.82) is 0 Å². The average molecular weight is 245 g/mol. The monoisotopic (exact) mass is 245 g/mol. The summed E-state index contributed by atoms with van der Waals surface area (Å²) in [6, 6.07) is 3.76. The van der Waals surface area contributed by atoms with Crippen LogP contribution in [0.1, 0.15) is 29.8 Å². The Labute approximate surface area is 105 Å². The molecule has 1 atom stereocenters. The molecule has 94 valence electrons. The predicted molar refractivity (Wildman–Crippen MR) is 67.3 cm³/mol. The van der Waals surface area contributed by atoms with Crippen LogP contribution in [0, 0.1) is 13.8 Å². The Morgan fingerprint density at radius 1 is 1.33 bits per heavy atom. The number of aliphatic carboxylic acids is 1. The maximum absolute atomic E-state index is 11.1. The summed E-state index contributed by atoms with van der Waals surface area (Å²) < 4.78 is 0. The van der Waals surface area contributed by atoms with E-state index in [1.165, 1.54) is 0 Å². The number of rotatable bonds is 3. The van der Waals surface area contributed by atoms with E-state index >= 15 is 0 Å². The van der Waals surface area contributed by atoms with Gasteiger partial charge in [-0.3, -0.25) is 4.79 Å². The predicted octanol–water partition coefficient (Wildman–Crippen LogP) is 2.28. The molecule has 0 aromatic carbocycles. The van der Waals surface area contributed by atoms with E-state index in [4.69, 9.17) is 5.11 Å². The number of hydrogen-bond acceptors (Lipinski definition) is 3. The Bertz CT molecular complexity index is 553. The summed E-state index contributed by atoms with van der Waals surface area (Å²) in [6.45, 7) is 5.28. The van der Waals surface area contributed by atoms with Crippen molar-refractivity contribution in [3.05, 3.63) is 35.3 Å². The third-order valence-electron chi connectivity index (χ3n) is 2.97. The lowest BCUT2D eigenvalue weighted by atomic mass is 9.98. The summed E-state index contributed by atoms with van der Waals surface area (Å²) in [5.41, 5.74) is 2.94. The van der Waals surface area contributed by atoms with Gasteiger partial charge in [0.1, 0.15) is 0 Å². The smallest absolute Gasteiger partial charge is 0.310 e. The maximum atomic E-state index is 11.1. The highest BCUT2D eigenvalue weighted by Crippen LogP contribution is 2.24. The topological polar surface area (TPSA) is 78.9 Å². The number of nitrogens with one attached hydrogen (secondary N) is 1. The van der Waals surface area contributed by atoms with Gasteiger partial charge in [-0.1, -0.05) is 0 Å². The van der Waals surface area contributed by atoms with Crippen molar-refractivity contribution in [2.45, 2.75) is 26.7 Å². The van der Waals surface area contributed by atoms with Crippen LogP contribution in [0.4, 0.5) is 0 Å². The molecule has 0 radical (unpaired) electrons. The molecular formula is C13H15N3O2. The van der Waals surface area contributed by atoms with E-state index in [-0.39, 0.29) is 0 Å². The van der Waals surface area contributed by atoms with Crippen molar-refractivity contribution < 1.29 is 9.90 Å². The lowest BCUT2D eigenvalue weighted by Crippen LogP contribution is -2.13. The molecule has 2 heterocycles. The zero-order valence-corrected chi connectivity index (χ0v) is 10.6. The molecule has 2 rings (SSSR count). The minimum atomic E-state index is -0.863. The minimum Gasteiger partial charge on any atom is -0.481 e. The molecule has 5 heteroatoms. The van der Waals surface area contributed by atoms with E-state index in [1.807, 2.05) is 26.0 Å². The normalized spacial score (nSPS) is 12.4. The highest BCUT2D eigenvalue weighted by atomic mass is 16.4. The Balaban J connectivity index is 2.51. The molecule has 18 heavy (non-hydrogen) atoms. The zero-order chi connectivity index (χ0) is 13.3. The molecule has 0 aliphatic heterocycles. The van der Waals surface area contributed by atoms with E-state index in [2.05, 4.69) is 15.0 Å². The number of carbonyl (C=O) groups is 1. The van der Waals surface area contributed by atoms with Crippen LogP contribution in [0.25, 0.3) is 11.5 Å². The zero-order valence-electron chi connectivity index (χ0n) is 10.6. The quantitative estimate of drug-likeness (QED) is 0.869. The molecule has 0 saturated carbocycles. The van der Waals surface area contributed by atoms with Gasteiger partial charge in [0.15, 0.2) is 5.82 Å². The van der Waals surface area contributed by atoms with Crippen molar-refractivity contribution in [3.63, 3.8) is 0 Å². The summed E-state index contributed by atoms with van der Waals surface area (Å²) >= 11 is 0. The van der Waals surface area contributed by atoms with Crippen molar-refractivity contribution in [3.8, 4) is 11.5 Å². The summed E-state index contributed by atoms with van der Waals surface area (Å²) in [5, 5.41) is 9.08. The standard InChI is InChI=1S/C13H15N3O2/c1-7(13(17)18)11-8(2)15-12(16-9(11)3)10-5-4-6-14-10/h4-7,14H,1-3H3,(H,17,18). The van der Waals surface area contributed by atoms with Crippen LogP contribution in [0.3, 0.4) is 0 Å². The second-order valence-electron chi connectivity index (χ2n) is 4.28. The Hall–Kier alpha value is -2.17. The molecule has 0 bridgehead atoms. The van der Waals surface area contributed by atoms with E-state index in [1.54, 1.807) is 13.1 Å². The van der Waals surface area contributed by atoms with Gasteiger partial charge in [0, 0.05) is 23.1 Å². The van der Waals surface area contributed by atoms with Gasteiger partial charge in [-0.05, 0) is 32.9 Å². The van der Waals surface area contributed by atoms with Crippen molar-refractivity contribution in [2.24, 2.45) is 0 Å². The first-order valence-electron chi connectivity index (χ1n) is 5.72. The fourth-order valence-electron chi connectivity index (χ4n) is 2.06. The number of aromatic amines is 1. The van der Waals surface area contributed by atoms with Crippen LogP contribution in [0.15, 0.2) is 18.3 Å². The SMILES string of the molecule is Cc1nc(-c2ccc[nH]2)nc(C)c1C(C)C(=O)O. The number of hydrogen-bond donors (Lipinski definition) is 2. The Morgan fingerprint density at radius 3 is 2.39 bits per heavy atom. The van der Waals surface area contributed by atoms with Crippen LogP contribution in [-0.4, -0.2) is 26.0 Å². The number of carboxylic acid groups (broad SMARTS) is 1. The molecule has 0 fully saturated rings. The molecule has 0 amide bonds. The first-order chi connectivity index (χ1) is 8.50. The lowest BCUT2D eigenvalue weighted by Gasteiger charge is -2.13. The summed E-state index contributed by atoms with van der Waals surface area (Å²) in [6.07, 6.45) is 1.80. The number of aromatic nitrogens is 3. The first kappa shape index (κ1) is 12.3. The Kier molecular flexibility index (Phi) is 3.14. The highest BCUT2D eigenvalue weighted by Gasteiger charge is 2.21.